The first-order chi connectivity index (χ1) is 13.0. The summed E-state index contributed by atoms with van der Waals surface area (Å²) in [5.41, 5.74) is 0. The van der Waals surface area contributed by atoms with E-state index in [1.807, 2.05) is 28.5 Å². The van der Waals surface area contributed by atoms with E-state index in [0.717, 1.165) is 50.3 Å². The van der Waals surface area contributed by atoms with Crippen LogP contribution in [-0.4, -0.2) is 70.6 Å². The Morgan fingerprint density at radius 2 is 2.00 bits per heavy atom. The Bertz CT molecular complexity index is 710. The summed E-state index contributed by atoms with van der Waals surface area (Å²) < 4.78 is 0.635. The van der Waals surface area contributed by atoms with Gasteiger partial charge in [0.15, 0.2) is 0 Å². The van der Waals surface area contributed by atoms with Crippen molar-refractivity contribution in [2.45, 2.75) is 25.7 Å². The molecule has 0 aromatic carbocycles. The number of unbranched alkanes of at least 4 members (excludes halogenated alkanes) is 2. The molecule has 0 saturated carbocycles. The molecule has 146 valence electrons. The predicted molar refractivity (Wildman–Crippen MR) is 117 cm³/mol. The normalized spacial score (nSPS) is 20.1. The summed E-state index contributed by atoms with van der Waals surface area (Å²) >= 11 is 8.36. The molecule has 0 atom stereocenters. The minimum atomic E-state index is 0.00640. The van der Waals surface area contributed by atoms with E-state index in [9.17, 15) is 9.59 Å². The molecule has 2 aliphatic rings. The van der Waals surface area contributed by atoms with Crippen LogP contribution in [0.2, 0.25) is 0 Å². The van der Waals surface area contributed by atoms with E-state index in [-0.39, 0.29) is 11.8 Å². The highest BCUT2D eigenvalue weighted by Gasteiger charge is 2.31. The molecule has 0 N–H and O–H groups in total. The highest BCUT2D eigenvalue weighted by atomic mass is 32.2. The lowest BCUT2D eigenvalue weighted by Gasteiger charge is -2.32. The van der Waals surface area contributed by atoms with E-state index in [0.29, 0.717) is 22.2 Å². The Labute approximate surface area is 174 Å². The Kier molecular flexibility index (Phi) is 7.46. The number of likely N-dealkylation sites (N-methyl/N-ethyl adjacent to an activating group) is 1. The standard InChI is InChI=1S/C19H25N3O2S3/c1-20-9-11-21(12-10-20)17(23)7-3-2-4-8-22-18(24)16(27-19(22)25)14-15-6-5-13-26-15/h5-6,13-14H,2-4,7-12H2,1H3. The average Bonchev–Trinajstić information content (AvgIpc) is 3.25. The highest BCUT2D eigenvalue weighted by molar-refractivity contribution is 8.26. The fraction of sp³-hybridized carbons (Fsp3) is 0.526. The van der Waals surface area contributed by atoms with Crippen LogP contribution >= 0.6 is 35.3 Å². The zero-order valence-corrected chi connectivity index (χ0v) is 18.0. The molecule has 1 aromatic heterocycles. The van der Waals surface area contributed by atoms with Crippen LogP contribution in [0.1, 0.15) is 30.6 Å². The third-order valence-corrected chi connectivity index (χ3v) is 7.02. The molecule has 8 heteroatoms. The zero-order chi connectivity index (χ0) is 19.2. The van der Waals surface area contributed by atoms with Gasteiger partial charge in [0.2, 0.25) is 5.91 Å². The Hall–Kier alpha value is -1.22. The number of rotatable bonds is 7. The van der Waals surface area contributed by atoms with Gasteiger partial charge in [-0.15, -0.1) is 11.3 Å². The first-order valence-corrected chi connectivity index (χ1v) is 11.4. The number of piperazine rings is 1. The molecular weight excluding hydrogens is 398 g/mol. The Morgan fingerprint density at radius 1 is 1.22 bits per heavy atom. The van der Waals surface area contributed by atoms with Crippen molar-refractivity contribution in [2.75, 3.05) is 39.8 Å². The van der Waals surface area contributed by atoms with Gasteiger partial charge in [0.05, 0.1) is 4.91 Å². The molecule has 0 radical (unpaired) electrons. The van der Waals surface area contributed by atoms with Gasteiger partial charge in [-0.2, -0.15) is 0 Å². The number of thiocarbonyl (C=S) groups is 1. The van der Waals surface area contributed by atoms with Gasteiger partial charge in [-0.05, 0) is 37.4 Å². The van der Waals surface area contributed by atoms with E-state index in [2.05, 4.69) is 11.9 Å². The summed E-state index contributed by atoms with van der Waals surface area (Å²) in [5, 5.41) is 2.00. The first kappa shape index (κ1) is 20.5. The Balaban J connectivity index is 1.37. The number of amides is 2. The van der Waals surface area contributed by atoms with Crippen molar-refractivity contribution >= 4 is 57.5 Å². The third-order valence-electron chi connectivity index (χ3n) is 4.82. The average molecular weight is 424 g/mol. The van der Waals surface area contributed by atoms with Crippen LogP contribution in [0.4, 0.5) is 0 Å². The smallest absolute Gasteiger partial charge is 0.266 e. The van der Waals surface area contributed by atoms with Crippen LogP contribution in [0.15, 0.2) is 22.4 Å². The van der Waals surface area contributed by atoms with Crippen LogP contribution in [0, 0.1) is 0 Å². The molecule has 0 bridgehead atoms. The number of hydrogen-bond acceptors (Lipinski definition) is 6. The summed E-state index contributed by atoms with van der Waals surface area (Å²) in [6.07, 6.45) is 5.18. The highest BCUT2D eigenvalue weighted by Crippen LogP contribution is 2.33. The molecule has 3 rings (SSSR count). The van der Waals surface area contributed by atoms with Gasteiger partial charge >= 0.3 is 0 Å². The molecule has 2 saturated heterocycles. The molecular formula is C19H25N3O2S3. The zero-order valence-electron chi connectivity index (χ0n) is 15.6. The van der Waals surface area contributed by atoms with Gasteiger partial charge in [-0.3, -0.25) is 14.5 Å². The van der Waals surface area contributed by atoms with Crippen molar-refractivity contribution < 1.29 is 9.59 Å². The molecule has 3 heterocycles. The van der Waals surface area contributed by atoms with Gasteiger partial charge < -0.3 is 9.80 Å². The lowest BCUT2D eigenvalue weighted by molar-refractivity contribution is -0.133. The molecule has 0 unspecified atom stereocenters. The van der Waals surface area contributed by atoms with Crippen molar-refractivity contribution in [1.82, 2.24) is 14.7 Å². The minimum Gasteiger partial charge on any atom is -0.340 e. The summed E-state index contributed by atoms with van der Waals surface area (Å²) in [5.74, 6) is 0.263. The molecule has 27 heavy (non-hydrogen) atoms. The molecule has 2 aliphatic heterocycles. The topological polar surface area (TPSA) is 43.9 Å². The van der Waals surface area contributed by atoms with Gasteiger partial charge in [0, 0.05) is 44.0 Å². The Morgan fingerprint density at radius 3 is 2.70 bits per heavy atom. The van der Waals surface area contributed by atoms with Gasteiger partial charge in [0.1, 0.15) is 4.32 Å². The van der Waals surface area contributed by atoms with Crippen LogP contribution in [0.25, 0.3) is 6.08 Å². The van der Waals surface area contributed by atoms with E-state index in [1.165, 1.54) is 11.8 Å². The summed E-state index contributed by atoms with van der Waals surface area (Å²) in [4.78, 5) is 32.5. The number of hydrogen-bond donors (Lipinski definition) is 0. The maximum Gasteiger partial charge on any atom is 0.266 e. The fourth-order valence-corrected chi connectivity index (χ4v) is 5.16. The van der Waals surface area contributed by atoms with Crippen LogP contribution in [-0.2, 0) is 9.59 Å². The van der Waals surface area contributed by atoms with Gasteiger partial charge in [-0.25, -0.2) is 0 Å². The van der Waals surface area contributed by atoms with E-state index < -0.39 is 0 Å². The number of thiophene rings is 1. The van der Waals surface area contributed by atoms with Crippen LogP contribution in [0.3, 0.4) is 0 Å². The van der Waals surface area contributed by atoms with Crippen LogP contribution < -0.4 is 0 Å². The molecule has 2 fully saturated rings. The van der Waals surface area contributed by atoms with Crippen molar-refractivity contribution in [1.29, 1.82) is 0 Å². The van der Waals surface area contributed by atoms with Crippen molar-refractivity contribution in [3.05, 3.63) is 27.3 Å². The SMILES string of the molecule is CN1CCN(C(=O)CCCCCN2C(=O)C(=Cc3cccs3)SC2=S)CC1. The maximum absolute atomic E-state index is 12.5. The van der Waals surface area contributed by atoms with Crippen molar-refractivity contribution in [3.8, 4) is 0 Å². The van der Waals surface area contributed by atoms with Crippen LogP contribution in [0.5, 0.6) is 0 Å². The molecule has 1 aromatic rings. The van der Waals surface area contributed by atoms with Gasteiger partial charge in [-0.1, -0.05) is 36.5 Å². The van der Waals surface area contributed by atoms with E-state index in [4.69, 9.17) is 12.2 Å². The van der Waals surface area contributed by atoms with E-state index >= 15 is 0 Å². The third kappa shape index (κ3) is 5.63. The number of thioether (sulfide) groups is 1. The summed E-state index contributed by atoms with van der Waals surface area (Å²) in [6.45, 7) is 4.22. The fourth-order valence-electron chi connectivity index (χ4n) is 3.13. The molecule has 2 amide bonds. The van der Waals surface area contributed by atoms with E-state index in [1.54, 1.807) is 16.2 Å². The second kappa shape index (κ2) is 9.82. The number of carbonyl (C=O) groups excluding carboxylic acids is 2. The number of carbonyl (C=O) groups is 2. The lowest BCUT2D eigenvalue weighted by Crippen LogP contribution is -2.47. The lowest BCUT2D eigenvalue weighted by atomic mass is 10.1. The molecule has 5 nitrogen and oxygen atoms in total. The summed E-state index contributed by atoms with van der Waals surface area (Å²) in [6, 6.07) is 3.97. The first-order valence-electron chi connectivity index (χ1n) is 9.30. The van der Waals surface area contributed by atoms with Crippen molar-refractivity contribution in [2.24, 2.45) is 0 Å². The molecule has 0 spiro atoms. The maximum atomic E-state index is 12.5. The largest absolute Gasteiger partial charge is 0.340 e. The number of nitrogens with zero attached hydrogens (tertiary/aromatic N) is 3. The quantitative estimate of drug-likeness (QED) is 0.383. The van der Waals surface area contributed by atoms with Crippen molar-refractivity contribution in [3.63, 3.8) is 0 Å². The second-order valence-electron chi connectivity index (χ2n) is 6.84. The monoisotopic (exact) mass is 423 g/mol. The summed E-state index contributed by atoms with van der Waals surface area (Å²) in [7, 11) is 2.09. The second-order valence-corrected chi connectivity index (χ2v) is 9.50. The van der Waals surface area contributed by atoms with Gasteiger partial charge in [0.25, 0.3) is 5.91 Å². The molecule has 0 aliphatic carbocycles. The predicted octanol–water partition coefficient (Wildman–Crippen LogP) is 3.28. The minimum absolute atomic E-state index is 0.00640.